The lowest BCUT2D eigenvalue weighted by Gasteiger charge is -2.18. The molecule has 158 valence electrons. The molecule has 0 spiro atoms. The van der Waals surface area contributed by atoms with Crippen LogP contribution in [0.25, 0.3) is 5.57 Å². The molecule has 0 aromatic heterocycles. The van der Waals surface area contributed by atoms with Gasteiger partial charge in [0, 0.05) is 23.6 Å². The first kappa shape index (κ1) is 21.5. The molecule has 1 N–H and O–H groups in total. The van der Waals surface area contributed by atoms with Gasteiger partial charge in [-0.25, -0.2) is 0 Å². The second-order valence-corrected chi connectivity index (χ2v) is 9.08. The number of thioether (sulfide) groups is 1. The van der Waals surface area contributed by atoms with Crippen molar-refractivity contribution in [2.75, 3.05) is 11.4 Å². The predicted molar refractivity (Wildman–Crippen MR) is 125 cm³/mol. The Bertz CT molecular complexity index is 1150. The van der Waals surface area contributed by atoms with Gasteiger partial charge in [0.15, 0.2) is 0 Å². The van der Waals surface area contributed by atoms with E-state index in [4.69, 9.17) is 28.9 Å². The second-order valence-electron chi connectivity index (χ2n) is 7.03. The highest BCUT2D eigenvalue weighted by molar-refractivity contribution is 8.26. The first-order valence-electron chi connectivity index (χ1n) is 9.53. The topological polar surface area (TPSA) is 77.9 Å². The molecule has 4 rings (SSSR count). The number of carboxylic acids is 1. The highest BCUT2D eigenvalue weighted by Gasteiger charge is 2.41. The van der Waals surface area contributed by atoms with Gasteiger partial charge in [-0.1, -0.05) is 72.0 Å². The average Bonchev–Trinajstić information content (AvgIpc) is 3.17. The molecule has 2 aromatic carbocycles. The van der Waals surface area contributed by atoms with E-state index in [0.717, 1.165) is 17.3 Å². The molecule has 0 atom stereocenters. The number of hydrogen-bond acceptors (Lipinski definition) is 5. The number of nitrogens with zero attached hydrogens (tertiary/aromatic N) is 2. The van der Waals surface area contributed by atoms with Crippen LogP contribution in [0.15, 0.2) is 53.4 Å². The number of carbonyl (C=O) groups excluding carboxylic acids is 2. The summed E-state index contributed by atoms with van der Waals surface area (Å²) in [5.41, 5.74) is 2.50. The van der Waals surface area contributed by atoms with Gasteiger partial charge < -0.3 is 10.0 Å². The molecule has 2 aromatic rings. The van der Waals surface area contributed by atoms with Gasteiger partial charge in [-0.15, -0.1) is 0 Å². The highest BCUT2D eigenvalue weighted by atomic mass is 35.5. The minimum absolute atomic E-state index is 0.0592. The summed E-state index contributed by atoms with van der Waals surface area (Å²) in [6, 6.07) is 14.6. The Labute approximate surface area is 193 Å². The van der Waals surface area contributed by atoms with Crippen molar-refractivity contribution in [3.63, 3.8) is 0 Å². The number of benzene rings is 2. The summed E-state index contributed by atoms with van der Waals surface area (Å²) in [4.78, 5) is 40.6. The molecule has 0 saturated carbocycles. The summed E-state index contributed by atoms with van der Waals surface area (Å²) in [6.45, 7) is 0.477. The van der Waals surface area contributed by atoms with Gasteiger partial charge in [0.2, 0.25) is 0 Å². The maximum absolute atomic E-state index is 13.4. The van der Waals surface area contributed by atoms with Gasteiger partial charge >= 0.3 is 5.97 Å². The van der Waals surface area contributed by atoms with Crippen LogP contribution in [0.3, 0.4) is 0 Å². The summed E-state index contributed by atoms with van der Waals surface area (Å²) in [5.74, 6) is -1.58. The Morgan fingerprint density at radius 1 is 1.03 bits per heavy atom. The van der Waals surface area contributed by atoms with Gasteiger partial charge in [-0.3, -0.25) is 19.3 Å². The molecule has 0 radical (unpaired) electrons. The van der Waals surface area contributed by atoms with Gasteiger partial charge in [-0.05, 0) is 24.1 Å². The van der Waals surface area contributed by atoms with Crippen LogP contribution in [0, 0.1) is 0 Å². The summed E-state index contributed by atoms with van der Waals surface area (Å²) in [6.07, 6.45) is 0.226. The molecule has 0 bridgehead atoms. The second kappa shape index (κ2) is 8.82. The molecule has 2 heterocycles. The number of carbonyl (C=O) groups is 3. The number of hydrogen-bond donors (Lipinski definition) is 1. The lowest BCUT2D eigenvalue weighted by Crippen LogP contribution is -2.30. The molecule has 0 unspecified atom stereocenters. The molecule has 6 nitrogen and oxygen atoms in total. The fraction of sp³-hybridized carbons (Fsp3) is 0.182. The van der Waals surface area contributed by atoms with Crippen molar-refractivity contribution in [3.8, 4) is 0 Å². The summed E-state index contributed by atoms with van der Waals surface area (Å²) in [5, 5.41) is 9.41. The van der Waals surface area contributed by atoms with E-state index >= 15 is 0 Å². The third-order valence-electron chi connectivity index (χ3n) is 5.06. The SMILES string of the molecule is O=C(O)CCCN1C(=O)/C(=C2/C(=O)N(Cc3ccccc3Cl)c3ccccc32)SC1=S. The van der Waals surface area contributed by atoms with Crippen LogP contribution in [-0.2, 0) is 20.9 Å². The lowest BCUT2D eigenvalue weighted by atomic mass is 10.1. The van der Waals surface area contributed by atoms with E-state index in [1.165, 1.54) is 4.90 Å². The fourth-order valence-corrected chi connectivity index (χ4v) is 5.16. The maximum Gasteiger partial charge on any atom is 0.303 e. The summed E-state index contributed by atoms with van der Waals surface area (Å²) >= 11 is 12.7. The number of halogens is 1. The minimum Gasteiger partial charge on any atom is -0.481 e. The molecular weight excluding hydrogens is 456 g/mol. The average molecular weight is 473 g/mol. The molecule has 2 amide bonds. The molecule has 1 fully saturated rings. The molecule has 31 heavy (non-hydrogen) atoms. The van der Waals surface area contributed by atoms with Crippen molar-refractivity contribution in [2.24, 2.45) is 0 Å². The summed E-state index contributed by atoms with van der Waals surface area (Å²) in [7, 11) is 0. The monoisotopic (exact) mass is 472 g/mol. The van der Waals surface area contributed by atoms with E-state index in [9.17, 15) is 14.4 Å². The van der Waals surface area contributed by atoms with Crippen LogP contribution in [0.1, 0.15) is 24.0 Å². The zero-order valence-corrected chi connectivity index (χ0v) is 18.6. The number of para-hydroxylation sites is 1. The quantitative estimate of drug-likeness (QED) is 0.498. The van der Waals surface area contributed by atoms with E-state index < -0.39 is 5.97 Å². The number of fused-ring (bicyclic) bond motifs is 1. The fourth-order valence-electron chi connectivity index (χ4n) is 3.58. The molecule has 1 saturated heterocycles. The first-order chi connectivity index (χ1) is 14.9. The number of thiocarbonyl (C=S) groups is 1. The third kappa shape index (κ3) is 4.11. The molecular formula is C22H17ClN2O4S2. The first-order valence-corrected chi connectivity index (χ1v) is 11.1. The minimum atomic E-state index is -0.932. The van der Waals surface area contributed by atoms with Crippen LogP contribution in [-0.4, -0.2) is 38.7 Å². The number of carboxylic acid groups (broad SMARTS) is 1. The zero-order valence-electron chi connectivity index (χ0n) is 16.2. The number of aliphatic carboxylic acids is 1. The molecule has 2 aliphatic heterocycles. The van der Waals surface area contributed by atoms with Crippen LogP contribution in [0.5, 0.6) is 0 Å². The maximum atomic E-state index is 13.4. The van der Waals surface area contributed by atoms with Crippen molar-refractivity contribution >= 4 is 68.9 Å². The number of amides is 2. The highest BCUT2D eigenvalue weighted by Crippen LogP contribution is 2.45. The van der Waals surface area contributed by atoms with Crippen LogP contribution >= 0.6 is 35.6 Å². The Kier molecular flexibility index (Phi) is 6.13. The van der Waals surface area contributed by atoms with E-state index in [-0.39, 0.29) is 42.7 Å². The van der Waals surface area contributed by atoms with Crippen molar-refractivity contribution in [1.29, 1.82) is 0 Å². The van der Waals surface area contributed by atoms with Gasteiger partial charge in [-0.2, -0.15) is 0 Å². The number of anilines is 1. The standard InChI is InChI=1S/C22H17ClN2O4S2/c23-15-8-3-1-6-13(15)12-25-16-9-4-2-7-14(16)18(20(25)28)19-21(29)24(22(30)31-19)11-5-10-17(26)27/h1-4,6-9H,5,10-12H2,(H,26,27)/b19-18-. The van der Waals surface area contributed by atoms with Crippen molar-refractivity contribution in [2.45, 2.75) is 19.4 Å². The molecule has 0 aliphatic carbocycles. The Morgan fingerprint density at radius 2 is 1.74 bits per heavy atom. The zero-order chi connectivity index (χ0) is 22.1. The molecule has 2 aliphatic rings. The normalized spacial score (nSPS) is 18.2. The smallest absolute Gasteiger partial charge is 0.303 e. The predicted octanol–water partition coefficient (Wildman–Crippen LogP) is 4.32. The van der Waals surface area contributed by atoms with Crippen LogP contribution < -0.4 is 4.90 Å². The summed E-state index contributed by atoms with van der Waals surface area (Å²) < 4.78 is 0.327. The van der Waals surface area contributed by atoms with Crippen molar-refractivity contribution < 1.29 is 19.5 Å². The van der Waals surface area contributed by atoms with Gasteiger partial charge in [0.1, 0.15) is 4.32 Å². The van der Waals surface area contributed by atoms with E-state index in [0.29, 0.717) is 26.2 Å². The van der Waals surface area contributed by atoms with Gasteiger partial charge in [0.05, 0.1) is 22.7 Å². The van der Waals surface area contributed by atoms with Crippen LogP contribution in [0.2, 0.25) is 5.02 Å². The van der Waals surface area contributed by atoms with E-state index in [1.54, 1.807) is 11.0 Å². The van der Waals surface area contributed by atoms with Crippen LogP contribution in [0.4, 0.5) is 5.69 Å². The number of rotatable bonds is 6. The van der Waals surface area contributed by atoms with Gasteiger partial charge in [0.25, 0.3) is 11.8 Å². The molecule has 9 heteroatoms. The Balaban J connectivity index is 1.69. The van der Waals surface area contributed by atoms with E-state index in [1.807, 2.05) is 42.5 Å². The van der Waals surface area contributed by atoms with Crippen molar-refractivity contribution in [1.82, 2.24) is 4.90 Å². The van der Waals surface area contributed by atoms with Crippen molar-refractivity contribution in [3.05, 3.63) is 69.6 Å². The lowest BCUT2D eigenvalue weighted by molar-refractivity contribution is -0.137. The largest absolute Gasteiger partial charge is 0.481 e. The Hall–Kier alpha value is -2.68. The van der Waals surface area contributed by atoms with E-state index in [2.05, 4.69) is 0 Å². The third-order valence-corrected chi connectivity index (χ3v) is 6.88. The Morgan fingerprint density at radius 3 is 2.48 bits per heavy atom.